The predicted octanol–water partition coefficient (Wildman–Crippen LogP) is 1.35. The van der Waals surface area contributed by atoms with Gasteiger partial charge in [-0.25, -0.2) is 4.79 Å². The van der Waals surface area contributed by atoms with Crippen molar-refractivity contribution in [3.05, 3.63) is 30.3 Å². The van der Waals surface area contributed by atoms with E-state index < -0.39 is 11.6 Å². The molecule has 88 valence electrons. The molecule has 0 saturated heterocycles. The number of carbonyl (C=O) groups is 1. The van der Waals surface area contributed by atoms with Gasteiger partial charge in [0.15, 0.2) is 5.60 Å². The van der Waals surface area contributed by atoms with Crippen LogP contribution in [0, 0.1) is 0 Å². The van der Waals surface area contributed by atoms with Crippen LogP contribution in [0.1, 0.15) is 13.8 Å². The lowest BCUT2D eigenvalue weighted by Gasteiger charge is -2.29. The summed E-state index contributed by atoms with van der Waals surface area (Å²) in [6.45, 7) is 3.95. The average Bonchev–Trinajstić information content (AvgIpc) is 2.27. The van der Waals surface area contributed by atoms with Crippen molar-refractivity contribution >= 4 is 11.7 Å². The summed E-state index contributed by atoms with van der Waals surface area (Å²) in [7, 11) is 0. The zero-order chi connectivity index (χ0) is 12.2. The molecule has 1 rings (SSSR count). The highest BCUT2D eigenvalue weighted by Gasteiger charge is 2.32. The molecule has 0 fully saturated rings. The topological polar surface area (TPSA) is 60.8 Å². The molecule has 0 saturated carbocycles. The van der Waals surface area contributed by atoms with Crippen LogP contribution in [0.3, 0.4) is 0 Å². The molecule has 4 nitrogen and oxygen atoms in total. The molecule has 1 aromatic rings. The number of likely N-dealkylation sites (N-methyl/N-ethyl adjacent to an activating group) is 1. The fraction of sp³-hybridized carbons (Fsp3) is 0.417. The van der Waals surface area contributed by atoms with Gasteiger partial charge in [-0.3, -0.25) is 0 Å². The van der Waals surface area contributed by atoms with Gasteiger partial charge in [0.2, 0.25) is 0 Å². The number of aliphatic hydroxyl groups is 1. The van der Waals surface area contributed by atoms with Gasteiger partial charge < -0.3 is 15.1 Å². The van der Waals surface area contributed by atoms with Crippen molar-refractivity contribution in [2.75, 3.05) is 18.0 Å². The number of benzene rings is 1. The first kappa shape index (κ1) is 12.5. The standard InChI is InChI=1S/C12H17NO3/c1-3-13(9-12(2,16)11(14)15)10-7-5-4-6-8-10/h4-8,16H,3,9H2,1-2H3,(H,14,15). The third-order valence-electron chi connectivity index (χ3n) is 2.46. The molecule has 0 aliphatic carbocycles. The Balaban J connectivity index is 2.81. The first-order valence-corrected chi connectivity index (χ1v) is 5.23. The molecule has 2 N–H and O–H groups in total. The van der Waals surface area contributed by atoms with Crippen molar-refractivity contribution in [1.82, 2.24) is 0 Å². The van der Waals surface area contributed by atoms with Crippen LogP contribution in [0.2, 0.25) is 0 Å². The number of aliphatic carboxylic acids is 1. The van der Waals surface area contributed by atoms with E-state index in [0.29, 0.717) is 6.54 Å². The van der Waals surface area contributed by atoms with Crippen molar-refractivity contribution < 1.29 is 15.0 Å². The van der Waals surface area contributed by atoms with Crippen LogP contribution in [0.15, 0.2) is 30.3 Å². The van der Waals surface area contributed by atoms with Gasteiger partial charge in [0, 0.05) is 12.2 Å². The highest BCUT2D eigenvalue weighted by atomic mass is 16.4. The molecule has 0 aliphatic rings. The van der Waals surface area contributed by atoms with Crippen molar-refractivity contribution in [3.8, 4) is 0 Å². The van der Waals surface area contributed by atoms with E-state index >= 15 is 0 Å². The van der Waals surface area contributed by atoms with E-state index in [0.717, 1.165) is 5.69 Å². The lowest BCUT2D eigenvalue weighted by molar-refractivity contribution is -0.155. The van der Waals surface area contributed by atoms with Crippen LogP contribution in [-0.2, 0) is 4.79 Å². The second kappa shape index (κ2) is 4.99. The Hall–Kier alpha value is -1.55. The number of anilines is 1. The highest BCUT2D eigenvalue weighted by molar-refractivity contribution is 5.77. The van der Waals surface area contributed by atoms with Gasteiger partial charge in [0.25, 0.3) is 0 Å². The molecule has 0 heterocycles. The molecule has 0 aliphatic heterocycles. The minimum absolute atomic E-state index is 0.0723. The number of carboxylic acids is 1. The normalized spacial score (nSPS) is 14.2. The number of hydrogen-bond donors (Lipinski definition) is 2. The maximum absolute atomic E-state index is 10.8. The SMILES string of the molecule is CCN(CC(C)(O)C(=O)O)c1ccccc1. The summed E-state index contributed by atoms with van der Waals surface area (Å²) in [5.41, 5.74) is -0.821. The minimum atomic E-state index is -1.73. The Labute approximate surface area is 95.1 Å². The summed E-state index contributed by atoms with van der Waals surface area (Å²) >= 11 is 0. The van der Waals surface area contributed by atoms with Gasteiger partial charge in [0.05, 0.1) is 6.54 Å². The predicted molar refractivity (Wildman–Crippen MR) is 62.6 cm³/mol. The van der Waals surface area contributed by atoms with Crippen molar-refractivity contribution in [1.29, 1.82) is 0 Å². The molecule has 0 radical (unpaired) electrons. The number of hydrogen-bond acceptors (Lipinski definition) is 3. The Morgan fingerprint density at radius 3 is 2.38 bits per heavy atom. The second-order valence-corrected chi connectivity index (χ2v) is 3.93. The molecular weight excluding hydrogens is 206 g/mol. The lowest BCUT2D eigenvalue weighted by atomic mass is 10.1. The molecule has 16 heavy (non-hydrogen) atoms. The van der Waals surface area contributed by atoms with E-state index in [1.54, 1.807) is 0 Å². The quantitative estimate of drug-likeness (QED) is 0.791. The lowest BCUT2D eigenvalue weighted by Crippen LogP contribution is -2.46. The Kier molecular flexibility index (Phi) is 3.90. The third kappa shape index (κ3) is 2.97. The molecule has 0 bridgehead atoms. The minimum Gasteiger partial charge on any atom is -0.479 e. The van der Waals surface area contributed by atoms with Gasteiger partial charge in [-0.2, -0.15) is 0 Å². The van der Waals surface area contributed by atoms with Crippen LogP contribution >= 0.6 is 0 Å². The van der Waals surface area contributed by atoms with E-state index in [-0.39, 0.29) is 6.54 Å². The first-order chi connectivity index (χ1) is 7.47. The molecule has 4 heteroatoms. The van der Waals surface area contributed by atoms with Crippen LogP contribution in [0.25, 0.3) is 0 Å². The Bertz CT molecular complexity index is 349. The highest BCUT2D eigenvalue weighted by Crippen LogP contribution is 2.16. The van der Waals surface area contributed by atoms with Crippen molar-refractivity contribution in [2.24, 2.45) is 0 Å². The van der Waals surface area contributed by atoms with Crippen LogP contribution in [0.5, 0.6) is 0 Å². The van der Waals surface area contributed by atoms with Crippen LogP contribution in [0.4, 0.5) is 5.69 Å². The maximum atomic E-state index is 10.8. The number of nitrogens with zero attached hydrogens (tertiary/aromatic N) is 1. The summed E-state index contributed by atoms with van der Waals surface area (Å²) < 4.78 is 0. The maximum Gasteiger partial charge on any atom is 0.337 e. The summed E-state index contributed by atoms with van der Waals surface area (Å²) in [6.07, 6.45) is 0. The van der Waals surface area contributed by atoms with Crippen molar-refractivity contribution in [3.63, 3.8) is 0 Å². The Morgan fingerprint density at radius 2 is 1.94 bits per heavy atom. The fourth-order valence-electron chi connectivity index (χ4n) is 1.46. The summed E-state index contributed by atoms with van der Waals surface area (Å²) in [6, 6.07) is 9.44. The smallest absolute Gasteiger partial charge is 0.337 e. The van der Waals surface area contributed by atoms with Gasteiger partial charge in [-0.1, -0.05) is 18.2 Å². The summed E-state index contributed by atoms with van der Waals surface area (Å²) in [5, 5.41) is 18.6. The second-order valence-electron chi connectivity index (χ2n) is 3.93. The molecule has 1 atom stereocenters. The van der Waals surface area contributed by atoms with Gasteiger partial charge in [0.1, 0.15) is 0 Å². The van der Waals surface area contributed by atoms with Gasteiger partial charge in [-0.15, -0.1) is 0 Å². The van der Waals surface area contributed by atoms with E-state index in [2.05, 4.69) is 0 Å². The summed E-state index contributed by atoms with van der Waals surface area (Å²) in [5.74, 6) is -1.21. The van der Waals surface area contributed by atoms with Crippen molar-refractivity contribution in [2.45, 2.75) is 19.4 Å². The largest absolute Gasteiger partial charge is 0.479 e. The monoisotopic (exact) mass is 223 g/mol. The average molecular weight is 223 g/mol. The fourth-order valence-corrected chi connectivity index (χ4v) is 1.46. The van der Waals surface area contributed by atoms with E-state index in [1.807, 2.05) is 42.2 Å². The van der Waals surface area contributed by atoms with E-state index in [1.165, 1.54) is 6.92 Å². The van der Waals surface area contributed by atoms with E-state index in [9.17, 15) is 9.90 Å². The third-order valence-corrected chi connectivity index (χ3v) is 2.46. The van der Waals surface area contributed by atoms with Crippen LogP contribution < -0.4 is 4.90 Å². The van der Waals surface area contributed by atoms with E-state index in [4.69, 9.17) is 5.11 Å². The Morgan fingerprint density at radius 1 is 1.38 bits per heavy atom. The molecule has 1 aromatic carbocycles. The number of para-hydroxylation sites is 1. The van der Waals surface area contributed by atoms with Crippen LogP contribution in [-0.4, -0.2) is 34.9 Å². The molecule has 0 aromatic heterocycles. The zero-order valence-electron chi connectivity index (χ0n) is 9.55. The first-order valence-electron chi connectivity index (χ1n) is 5.23. The molecule has 1 unspecified atom stereocenters. The number of rotatable bonds is 5. The van der Waals surface area contributed by atoms with Gasteiger partial charge in [-0.05, 0) is 26.0 Å². The van der Waals surface area contributed by atoms with Gasteiger partial charge >= 0.3 is 5.97 Å². The summed E-state index contributed by atoms with van der Waals surface area (Å²) in [4.78, 5) is 12.7. The molecule has 0 spiro atoms. The molecular formula is C12H17NO3. The number of carboxylic acid groups (broad SMARTS) is 1. The zero-order valence-corrected chi connectivity index (χ0v) is 9.55. The molecule has 0 amide bonds.